The lowest BCUT2D eigenvalue weighted by Gasteiger charge is -2.14. The Bertz CT molecular complexity index is 886. The number of halogens is 1. The number of anilines is 1. The van der Waals surface area contributed by atoms with Gasteiger partial charge in [-0.25, -0.2) is 0 Å². The molecule has 2 rings (SSSR count). The Morgan fingerprint density at radius 3 is 2.64 bits per heavy atom. The number of nitrogens with zero attached hydrogens (tertiary/aromatic N) is 1. The van der Waals surface area contributed by atoms with Gasteiger partial charge >= 0.3 is 5.97 Å². The first-order valence-electron chi connectivity index (χ1n) is 8.40. The summed E-state index contributed by atoms with van der Waals surface area (Å²) in [5.41, 5.74) is 0.779. The summed E-state index contributed by atoms with van der Waals surface area (Å²) in [5, 5.41) is 13.4. The van der Waals surface area contributed by atoms with Gasteiger partial charge in [0.1, 0.15) is 5.75 Å². The third kappa shape index (κ3) is 5.95. The van der Waals surface area contributed by atoms with Crippen molar-refractivity contribution in [3.05, 3.63) is 63.2 Å². The Hall–Kier alpha value is -3.13. The van der Waals surface area contributed by atoms with Crippen LogP contribution < -0.4 is 10.1 Å². The van der Waals surface area contributed by atoms with E-state index >= 15 is 0 Å². The molecule has 1 atom stereocenters. The number of nitrogens with one attached hydrogen (secondary N) is 1. The van der Waals surface area contributed by atoms with Crippen molar-refractivity contribution in [3.63, 3.8) is 0 Å². The Morgan fingerprint density at radius 1 is 1.25 bits per heavy atom. The smallest absolute Gasteiger partial charge is 0.310 e. The molecule has 0 spiro atoms. The van der Waals surface area contributed by atoms with Crippen molar-refractivity contribution in [2.45, 2.75) is 26.4 Å². The normalized spacial score (nSPS) is 11.4. The van der Waals surface area contributed by atoms with Gasteiger partial charge in [0.25, 0.3) is 11.6 Å². The maximum absolute atomic E-state index is 12.2. The first-order valence-corrected chi connectivity index (χ1v) is 8.78. The van der Waals surface area contributed by atoms with Crippen LogP contribution in [0.1, 0.15) is 18.9 Å². The summed E-state index contributed by atoms with van der Waals surface area (Å²) in [4.78, 5) is 34.3. The molecule has 0 heterocycles. The number of hydrogen-bond acceptors (Lipinski definition) is 6. The van der Waals surface area contributed by atoms with Crippen LogP contribution in [0.25, 0.3) is 0 Å². The number of hydrogen-bond donors (Lipinski definition) is 1. The Morgan fingerprint density at radius 2 is 1.96 bits per heavy atom. The van der Waals surface area contributed by atoms with E-state index in [1.54, 1.807) is 6.07 Å². The highest BCUT2D eigenvalue weighted by atomic mass is 35.5. The van der Waals surface area contributed by atoms with E-state index < -0.39 is 22.9 Å². The van der Waals surface area contributed by atoms with Crippen LogP contribution in [0.3, 0.4) is 0 Å². The molecule has 2 aromatic rings. The van der Waals surface area contributed by atoms with E-state index in [2.05, 4.69) is 5.32 Å². The molecular weight excluding hydrogens is 388 g/mol. The summed E-state index contributed by atoms with van der Waals surface area (Å²) >= 11 is 5.93. The quantitative estimate of drug-likeness (QED) is 0.404. The number of para-hydroxylation sites is 1. The predicted molar refractivity (Wildman–Crippen MR) is 104 cm³/mol. The molecule has 9 heteroatoms. The van der Waals surface area contributed by atoms with Crippen molar-refractivity contribution in [3.8, 4) is 5.75 Å². The molecule has 0 aliphatic rings. The number of aryl methyl sites for hydroxylation is 1. The van der Waals surface area contributed by atoms with Gasteiger partial charge < -0.3 is 14.8 Å². The lowest BCUT2D eigenvalue weighted by molar-refractivity contribution is -0.384. The van der Waals surface area contributed by atoms with Gasteiger partial charge in [-0.15, -0.1) is 0 Å². The zero-order chi connectivity index (χ0) is 20.7. The van der Waals surface area contributed by atoms with Gasteiger partial charge in [0.05, 0.1) is 28.7 Å². The number of nitro groups is 1. The van der Waals surface area contributed by atoms with E-state index in [4.69, 9.17) is 21.1 Å². The predicted octanol–water partition coefficient (Wildman–Crippen LogP) is 3.90. The van der Waals surface area contributed by atoms with E-state index in [0.717, 1.165) is 11.6 Å². The van der Waals surface area contributed by atoms with Crippen LogP contribution in [0.15, 0.2) is 42.5 Å². The Labute approximate surface area is 166 Å². The molecule has 148 valence electrons. The van der Waals surface area contributed by atoms with Gasteiger partial charge in [-0.05, 0) is 31.5 Å². The largest absolute Gasteiger partial charge is 0.493 e. The highest BCUT2D eigenvalue weighted by Crippen LogP contribution is 2.27. The average Bonchev–Trinajstić information content (AvgIpc) is 2.64. The van der Waals surface area contributed by atoms with Crippen LogP contribution >= 0.6 is 11.6 Å². The van der Waals surface area contributed by atoms with Crippen LogP contribution in [0.4, 0.5) is 11.4 Å². The van der Waals surface area contributed by atoms with E-state index in [0.29, 0.717) is 5.75 Å². The van der Waals surface area contributed by atoms with Crippen LogP contribution in [0.5, 0.6) is 5.75 Å². The van der Waals surface area contributed by atoms with Gasteiger partial charge in [0, 0.05) is 12.1 Å². The number of amides is 1. The standard InChI is InChI=1S/C19H19ClN2O6/c1-12-5-3-4-6-17(12)27-10-9-18(23)28-13(2)19(24)21-16-11-14(22(25)26)7-8-15(16)20/h3-8,11,13H,9-10H2,1-2H3,(H,21,24). The van der Waals surface area contributed by atoms with E-state index in [9.17, 15) is 19.7 Å². The van der Waals surface area contributed by atoms with Crippen LogP contribution in [-0.4, -0.2) is 29.5 Å². The highest BCUT2D eigenvalue weighted by Gasteiger charge is 2.20. The number of carbonyl (C=O) groups is 2. The molecule has 2 aromatic carbocycles. The lowest BCUT2D eigenvalue weighted by atomic mass is 10.2. The maximum atomic E-state index is 12.2. The number of non-ortho nitro benzene ring substituents is 1. The van der Waals surface area contributed by atoms with Gasteiger partial charge in [0.15, 0.2) is 6.10 Å². The number of esters is 1. The van der Waals surface area contributed by atoms with E-state index in [1.165, 1.54) is 19.1 Å². The van der Waals surface area contributed by atoms with Crippen molar-refractivity contribution in [1.82, 2.24) is 0 Å². The topological polar surface area (TPSA) is 108 Å². The van der Waals surface area contributed by atoms with Crippen molar-refractivity contribution in [2.75, 3.05) is 11.9 Å². The summed E-state index contributed by atoms with van der Waals surface area (Å²) in [6, 6.07) is 11.0. The van der Waals surface area contributed by atoms with Crippen LogP contribution in [-0.2, 0) is 14.3 Å². The SMILES string of the molecule is Cc1ccccc1OCCC(=O)OC(C)C(=O)Nc1cc([N+](=O)[O-])ccc1Cl. The van der Waals surface area contributed by atoms with Crippen molar-refractivity contribution >= 4 is 34.9 Å². The van der Waals surface area contributed by atoms with E-state index in [-0.39, 0.29) is 29.4 Å². The third-order valence-electron chi connectivity index (χ3n) is 3.75. The molecule has 8 nitrogen and oxygen atoms in total. The molecule has 0 bridgehead atoms. The fourth-order valence-corrected chi connectivity index (χ4v) is 2.39. The zero-order valence-electron chi connectivity index (χ0n) is 15.3. The van der Waals surface area contributed by atoms with Crippen molar-refractivity contribution in [1.29, 1.82) is 0 Å². The van der Waals surface area contributed by atoms with Crippen LogP contribution in [0.2, 0.25) is 5.02 Å². The first kappa shape index (κ1) is 21.2. The highest BCUT2D eigenvalue weighted by molar-refractivity contribution is 6.33. The summed E-state index contributed by atoms with van der Waals surface area (Å²) in [6.45, 7) is 3.38. The summed E-state index contributed by atoms with van der Waals surface area (Å²) < 4.78 is 10.6. The second kappa shape index (κ2) is 9.70. The molecule has 0 saturated heterocycles. The number of ether oxygens (including phenoxy) is 2. The maximum Gasteiger partial charge on any atom is 0.310 e. The second-order valence-corrected chi connectivity index (χ2v) is 6.31. The van der Waals surface area contributed by atoms with Gasteiger partial charge in [-0.2, -0.15) is 0 Å². The molecule has 28 heavy (non-hydrogen) atoms. The number of nitro benzene ring substituents is 1. The molecule has 1 N–H and O–H groups in total. The molecule has 0 radical (unpaired) electrons. The van der Waals surface area contributed by atoms with Gasteiger partial charge in [0.2, 0.25) is 0 Å². The Kier molecular flexibility index (Phi) is 7.34. The molecule has 1 amide bonds. The molecule has 0 aliphatic heterocycles. The van der Waals surface area contributed by atoms with E-state index in [1.807, 2.05) is 25.1 Å². The molecular formula is C19H19ClN2O6. The minimum Gasteiger partial charge on any atom is -0.493 e. The fraction of sp³-hybridized carbons (Fsp3) is 0.263. The second-order valence-electron chi connectivity index (χ2n) is 5.91. The monoisotopic (exact) mass is 406 g/mol. The molecule has 0 fully saturated rings. The summed E-state index contributed by atoms with van der Waals surface area (Å²) in [7, 11) is 0. The van der Waals surface area contributed by atoms with Crippen molar-refractivity contribution < 1.29 is 24.0 Å². The fourth-order valence-electron chi connectivity index (χ4n) is 2.23. The molecule has 0 saturated carbocycles. The zero-order valence-corrected chi connectivity index (χ0v) is 16.1. The first-order chi connectivity index (χ1) is 13.3. The minimum atomic E-state index is -1.11. The minimum absolute atomic E-state index is 0.0382. The number of carbonyl (C=O) groups excluding carboxylic acids is 2. The number of rotatable bonds is 8. The van der Waals surface area contributed by atoms with Crippen molar-refractivity contribution in [2.24, 2.45) is 0 Å². The molecule has 1 unspecified atom stereocenters. The third-order valence-corrected chi connectivity index (χ3v) is 4.08. The average molecular weight is 407 g/mol. The lowest BCUT2D eigenvalue weighted by Crippen LogP contribution is -2.30. The summed E-state index contributed by atoms with van der Waals surface area (Å²) in [5.74, 6) is -0.599. The molecule has 0 aromatic heterocycles. The Balaban J connectivity index is 1.85. The van der Waals surface area contributed by atoms with Crippen LogP contribution in [0, 0.1) is 17.0 Å². The van der Waals surface area contributed by atoms with Gasteiger partial charge in [-0.1, -0.05) is 29.8 Å². The molecule has 0 aliphatic carbocycles. The summed E-state index contributed by atoms with van der Waals surface area (Å²) in [6.07, 6.45) is -1.15. The van der Waals surface area contributed by atoms with Gasteiger partial charge in [-0.3, -0.25) is 19.7 Å². The number of benzene rings is 2.